The van der Waals surface area contributed by atoms with Crippen LogP contribution in [0.3, 0.4) is 0 Å². The fraction of sp³-hybridized carbons (Fsp3) is 0.214. The van der Waals surface area contributed by atoms with E-state index in [9.17, 15) is 18.4 Å². The van der Waals surface area contributed by atoms with Gasteiger partial charge in [0.2, 0.25) is 17.8 Å². The summed E-state index contributed by atoms with van der Waals surface area (Å²) in [4.78, 5) is 37.8. The van der Waals surface area contributed by atoms with Crippen LogP contribution in [0.1, 0.15) is 6.92 Å². The Balaban J connectivity index is 1.50. The summed E-state index contributed by atoms with van der Waals surface area (Å²) in [7, 11) is 0. The third-order valence-electron chi connectivity index (χ3n) is 3.41. The van der Waals surface area contributed by atoms with E-state index in [1.807, 2.05) is 0 Å². The third-order valence-corrected chi connectivity index (χ3v) is 3.41. The number of aromatic amines is 1. The Labute approximate surface area is 143 Å². The summed E-state index contributed by atoms with van der Waals surface area (Å²) in [6, 6.07) is 2.56. The van der Waals surface area contributed by atoms with E-state index in [2.05, 4.69) is 40.1 Å². The van der Waals surface area contributed by atoms with Gasteiger partial charge in [-0.1, -0.05) is 0 Å². The molecule has 2 aliphatic heterocycles. The number of aromatic nitrogens is 2. The molecule has 4 rings (SSSR count). The first-order valence-corrected chi connectivity index (χ1v) is 7.30. The topological polar surface area (TPSA) is 130 Å². The highest BCUT2D eigenvalue weighted by Crippen LogP contribution is 2.42. The van der Waals surface area contributed by atoms with Crippen molar-refractivity contribution in [2.45, 2.75) is 13.2 Å². The molecule has 26 heavy (non-hydrogen) atoms. The van der Waals surface area contributed by atoms with Gasteiger partial charge in [0, 0.05) is 19.1 Å². The lowest BCUT2D eigenvalue weighted by molar-refractivity contribution is -0.286. The zero-order valence-electron chi connectivity index (χ0n) is 13.1. The monoisotopic (exact) mass is 364 g/mol. The summed E-state index contributed by atoms with van der Waals surface area (Å²) in [6.07, 6.45) is -3.72. The molecule has 0 bridgehead atoms. The summed E-state index contributed by atoms with van der Waals surface area (Å²) < 4.78 is 34.8. The number of aliphatic imine (C=N–C) groups is 2. The van der Waals surface area contributed by atoms with Crippen molar-refractivity contribution < 1.29 is 27.8 Å². The maximum Gasteiger partial charge on any atom is 0.586 e. The molecular weight excluding hydrogens is 354 g/mol. The highest BCUT2D eigenvalue weighted by atomic mass is 19.3. The standard InChI is InChI=1S/C14H10F2N6O4/c1-5(23)18-12-17-4-8(21-12)11(24)22-13-19-6-2-9-10(3-7(6)20-13)26-14(15,16)25-9/h2-3H,4H2,1H3,(H,17,18,23)(H2,19,20,22,24). The highest BCUT2D eigenvalue weighted by Gasteiger charge is 2.43. The molecule has 0 saturated carbocycles. The molecule has 0 aliphatic carbocycles. The molecule has 3 heterocycles. The van der Waals surface area contributed by atoms with Gasteiger partial charge in [-0.05, 0) is 0 Å². The quantitative estimate of drug-likeness (QED) is 0.725. The largest absolute Gasteiger partial charge is 0.586 e. The highest BCUT2D eigenvalue weighted by molar-refractivity contribution is 6.46. The van der Waals surface area contributed by atoms with Crippen LogP contribution in [0, 0.1) is 0 Å². The Kier molecular flexibility index (Phi) is 3.35. The van der Waals surface area contributed by atoms with Crippen molar-refractivity contribution in [3.05, 3.63) is 12.1 Å². The normalized spacial score (nSPS) is 17.0. The SMILES string of the molecule is CC(=O)NC1=NCC(C(=O)Nc2nc3cc4c(cc3[nH]2)OC(F)(F)O4)=N1. The van der Waals surface area contributed by atoms with Crippen LogP contribution in [0.5, 0.6) is 11.5 Å². The van der Waals surface area contributed by atoms with Crippen LogP contribution in [0.25, 0.3) is 11.0 Å². The van der Waals surface area contributed by atoms with Gasteiger partial charge in [-0.2, -0.15) is 0 Å². The first kappa shape index (κ1) is 15.9. The van der Waals surface area contributed by atoms with Crippen LogP contribution in [0.15, 0.2) is 22.1 Å². The van der Waals surface area contributed by atoms with Gasteiger partial charge >= 0.3 is 6.29 Å². The van der Waals surface area contributed by atoms with Gasteiger partial charge in [-0.15, -0.1) is 8.78 Å². The predicted molar refractivity (Wildman–Crippen MR) is 84.5 cm³/mol. The van der Waals surface area contributed by atoms with Crippen LogP contribution in [0.2, 0.25) is 0 Å². The maximum atomic E-state index is 13.0. The second kappa shape index (κ2) is 5.47. The van der Waals surface area contributed by atoms with Gasteiger partial charge < -0.3 is 14.5 Å². The number of nitrogens with one attached hydrogen (secondary N) is 3. The van der Waals surface area contributed by atoms with E-state index in [1.165, 1.54) is 19.1 Å². The van der Waals surface area contributed by atoms with Crippen LogP contribution in [-0.4, -0.2) is 46.3 Å². The molecule has 0 atom stereocenters. The Morgan fingerprint density at radius 1 is 1.23 bits per heavy atom. The molecule has 12 heteroatoms. The van der Waals surface area contributed by atoms with Crippen LogP contribution < -0.4 is 20.1 Å². The van der Waals surface area contributed by atoms with Crippen molar-refractivity contribution in [2.24, 2.45) is 9.98 Å². The van der Waals surface area contributed by atoms with E-state index in [0.29, 0.717) is 11.0 Å². The summed E-state index contributed by atoms with van der Waals surface area (Å²) in [5, 5.41) is 4.86. The maximum absolute atomic E-state index is 13.0. The first-order valence-electron chi connectivity index (χ1n) is 7.30. The number of amides is 2. The Bertz CT molecular complexity index is 967. The van der Waals surface area contributed by atoms with E-state index in [1.54, 1.807) is 0 Å². The molecule has 1 aromatic carbocycles. The number of hydrogen-bond donors (Lipinski definition) is 3. The number of hydrogen-bond acceptors (Lipinski definition) is 7. The number of benzene rings is 1. The lowest BCUT2D eigenvalue weighted by atomic mass is 10.3. The van der Waals surface area contributed by atoms with Gasteiger partial charge in [0.25, 0.3) is 5.91 Å². The molecule has 3 N–H and O–H groups in total. The lowest BCUT2D eigenvalue weighted by Gasteiger charge is -2.04. The number of H-pyrrole nitrogens is 1. The molecule has 2 aliphatic rings. The smallest absolute Gasteiger partial charge is 0.395 e. The van der Waals surface area contributed by atoms with Crippen molar-refractivity contribution in [3.63, 3.8) is 0 Å². The van der Waals surface area contributed by atoms with Gasteiger partial charge in [0.05, 0.1) is 17.6 Å². The molecular formula is C14H10F2N6O4. The molecule has 134 valence electrons. The zero-order valence-corrected chi connectivity index (χ0v) is 13.1. The van der Waals surface area contributed by atoms with Crippen molar-refractivity contribution in [1.82, 2.24) is 15.3 Å². The van der Waals surface area contributed by atoms with Crippen LogP contribution >= 0.6 is 0 Å². The van der Waals surface area contributed by atoms with E-state index in [-0.39, 0.29) is 41.6 Å². The fourth-order valence-electron chi connectivity index (χ4n) is 2.39. The number of alkyl halides is 2. The van der Waals surface area contributed by atoms with Crippen molar-refractivity contribution in [3.8, 4) is 11.5 Å². The Morgan fingerprint density at radius 3 is 2.69 bits per heavy atom. The minimum atomic E-state index is -3.72. The molecule has 0 radical (unpaired) electrons. The first-order chi connectivity index (χ1) is 12.3. The van der Waals surface area contributed by atoms with E-state index in [4.69, 9.17) is 0 Å². The van der Waals surface area contributed by atoms with E-state index in [0.717, 1.165) is 0 Å². The van der Waals surface area contributed by atoms with Gasteiger partial charge in [0.1, 0.15) is 5.71 Å². The summed E-state index contributed by atoms with van der Waals surface area (Å²) in [5.41, 5.74) is 0.746. The average molecular weight is 364 g/mol. The minimum Gasteiger partial charge on any atom is -0.395 e. The Hall–Kier alpha value is -3.57. The number of fused-ring (bicyclic) bond motifs is 2. The second-order valence-electron chi connectivity index (χ2n) is 5.40. The van der Waals surface area contributed by atoms with Gasteiger partial charge in [0.15, 0.2) is 11.5 Å². The predicted octanol–water partition coefficient (Wildman–Crippen LogP) is 0.770. The number of anilines is 1. The number of guanidine groups is 1. The average Bonchev–Trinajstić information content (AvgIpc) is 3.19. The number of imidazole rings is 1. The fourth-order valence-corrected chi connectivity index (χ4v) is 2.39. The van der Waals surface area contributed by atoms with Crippen LogP contribution in [-0.2, 0) is 9.59 Å². The Morgan fingerprint density at radius 2 is 1.96 bits per heavy atom. The number of halogens is 2. The third kappa shape index (κ3) is 2.92. The second-order valence-corrected chi connectivity index (χ2v) is 5.40. The van der Waals surface area contributed by atoms with Crippen molar-refractivity contribution in [2.75, 3.05) is 11.9 Å². The zero-order chi connectivity index (χ0) is 18.5. The molecule has 0 fully saturated rings. The molecule has 1 aromatic heterocycles. The molecule has 0 spiro atoms. The van der Waals surface area contributed by atoms with Gasteiger partial charge in [-0.3, -0.25) is 20.2 Å². The molecule has 10 nitrogen and oxygen atoms in total. The number of carbonyl (C=O) groups is 2. The molecule has 0 saturated heterocycles. The van der Waals surface area contributed by atoms with Crippen LogP contribution in [0.4, 0.5) is 14.7 Å². The number of nitrogens with zero attached hydrogens (tertiary/aromatic N) is 3. The summed E-state index contributed by atoms with van der Waals surface area (Å²) in [6.45, 7) is 1.30. The van der Waals surface area contributed by atoms with Gasteiger partial charge in [-0.25, -0.2) is 15.0 Å². The van der Waals surface area contributed by atoms with E-state index >= 15 is 0 Å². The van der Waals surface area contributed by atoms with Crippen molar-refractivity contribution >= 4 is 40.5 Å². The van der Waals surface area contributed by atoms with Crippen molar-refractivity contribution in [1.29, 1.82) is 0 Å². The number of carbonyl (C=O) groups excluding carboxylic acids is 2. The lowest BCUT2D eigenvalue weighted by Crippen LogP contribution is -2.27. The molecule has 0 unspecified atom stereocenters. The minimum absolute atomic E-state index is 0.00668. The number of rotatable bonds is 2. The molecule has 2 aromatic rings. The summed E-state index contributed by atoms with van der Waals surface area (Å²) >= 11 is 0. The van der Waals surface area contributed by atoms with E-state index < -0.39 is 12.2 Å². The summed E-state index contributed by atoms with van der Waals surface area (Å²) in [5.74, 6) is -1.08. The number of ether oxygens (including phenoxy) is 2. The molecule has 2 amide bonds.